The second-order valence-electron chi connectivity index (χ2n) is 6.00. The van der Waals surface area contributed by atoms with Crippen LogP contribution in [0.3, 0.4) is 0 Å². The van der Waals surface area contributed by atoms with Crippen LogP contribution in [0.4, 0.5) is 29.2 Å². The molecule has 3 aromatic rings. The van der Waals surface area contributed by atoms with Gasteiger partial charge in [0.2, 0.25) is 11.8 Å². The summed E-state index contributed by atoms with van der Waals surface area (Å²) in [7, 11) is 1.32. The van der Waals surface area contributed by atoms with Crippen LogP contribution in [-0.4, -0.2) is 16.7 Å². The van der Waals surface area contributed by atoms with Crippen molar-refractivity contribution in [2.24, 2.45) is 0 Å². The number of nitrogens with one attached hydrogen (secondary N) is 1. The highest BCUT2D eigenvalue weighted by Gasteiger charge is 2.14. The summed E-state index contributed by atoms with van der Waals surface area (Å²) in [5.74, 6) is -3.44. The van der Waals surface area contributed by atoms with E-state index in [2.05, 4.69) is 10.3 Å². The predicted octanol–water partition coefficient (Wildman–Crippen LogP) is 3.91. The van der Waals surface area contributed by atoms with Gasteiger partial charge in [-0.15, -0.1) is 0 Å². The molecule has 1 heterocycles. The Morgan fingerprint density at radius 2 is 1.79 bits per heavy atom. The highest BCUT2D eigenvalue weighted by Crippen LogP contribution is 2.28. The Bertz CT molecular complexity index is 1080. The maximum Gasteiger partial charge on any atom is 0.310 e. The maximum atomic E-state index is 14.2. The maximum absolute atomic E-state index is 14.2. The monoisotopic (exact) mass is 393 g/mol. The van der Waals surface area contributed by atoms with Gasteiger partial charge in [-0.2, -0.15) is 9.37 Å². The number of ether oxygens (including phenoxy) is 1. The van der Waals surface area contributed by atoms with E-state index in [0.29, 0.717) is 6.07 Å². The van der Waals surface area contributed by atoms with Crippen LogP contribution in [0.25, 0.3) is 0 Å². The Balaban J connectivity index is 2.03. The van der Waals surface area contributed by atoms with Crippen LogP contribution in [0, 0.1) is 30.2 Å². The molecule has 0 aliphatic carbocycles. The number of halogens is 4. The number of anilines is 2. The minimum atomic E-state index is -1.14. The van der Waals surface area contributed by atoms with Crippen molar-refractivity contribution in [3.05, 3.63) is 81.3 Å². The normalized spacial score (nSPS) is 10.8. The van der Waals surface area contributed by atoms with Crippen LogP contribution in [0.5, 0.6) is 5.75 Å². The van der Waals surface area contributed by atoms with Gasteiger partial charge in [-0.3, -0.25) is 4.79 Å². The van der Waals surface area contributed by atoms with Crippen molar-refractivity contribution >= 4 is 11.6 Å². The first-order chi connectivity index (χ1) is 13.3. The molecule has 9 heteroatoms. The topological polar surface area (TPSA) is 56.1 Å². The Morgan fingerprint density at radius 1 is 1.11 bits per heavy atom. The van der Waals surface area contributed by atoms with Gasteiger partial charge in [0.05, 0.1) is 13.7 Å². The highest BCUT2D eigenvalue weighted by molar-refractivity contribution is 5.60. The molecule has 0 unspecified atom stereocenters. The average Bonchev–Trinajstić information content (AvgIpc) is 2.62. The molecule has 0 bridgehead atoms. The van der Waals surface area contributed by atoms with Crippen molar-refractivity contribution in [1.29, 1.82) is 0 Å². The van der Waals surface area contributed by atoms with E-state index in [1.165, 1.54) is 26.2 Å². The second kappa shape index (κ2) is 7.71. The molecule has 5 nitrogen and oxygen atoms in total. The molecule has 2 aromatic carbocycles. The molecule has 0 atom stereocenters. The van der Waals surface area contributed by atoms with Gasteiger partial charge in [0.25, 0.3) is 0 Å². The van der Waals surface area contributed by atoms with Gasteiger partial charge in [-0.25, -0.2) is 13.2 Å². The highest BCUT2D eigenvalue weighted by atomic mass is 19.1. The Hall–Kier alpha value is -3.36. The molecule has 3 rings (SSSR count). The van der Waals surface area contributed by atoms with E-state index < -0.39 is 28.8 Å². The molecule has 28 heavy (non-hydrogen) atoms. The van der Waals surface area contributed by atoms with Gasteiger partial charge < -0.3 is 14.6 Å². The lowest BCUT2D eigenvalue weighted by atomic mass is 10.1. The molecule has 1 aromatic heterocycles. The van der Waals surface area contributed by atoms with E-state index in [-0.39, 0.29) is 35.1 Å². The van der Waals surface area contributed by atoms with E-state index in [9.17, 15) is 22.4 Å². The first kappa shape index (κ1) is 19.4. The fourth-order valence-electron chi connectivity index (χ4n) is 2.66. The van der Waals surface area contributed by atoms with Gasteiger partial charge >= 0.3 is 5.56 Å². The van der Waals surface area contributed by atoms with Crippen LogP contribution in [0.1, 0.15) is 11.1 Å². The zero-order chi connectivity index (χ0) is 20.4. The van der Waals surface area contributed by atoms with Gasteiger partial charge in [0.1, 0.15) is 11.6 Å². The van der Waals surface area contributed by atoms with Gasteiger partial charge in [-0.05, 0) is 36.8 Å². The van der Waals surface area contributed by atoms with Crippen LogP contribution < -0.4 is 15.6 Å². The summed E-state index contributed by atoms with van der Waals surface area (Å²) in [6.45, 7) is 1.30. The standard InChI is InChI=1S/C19H15F4N3O2/c1-10-15(3-4-16(28-2)17(10)23)24-19-25-18(27)14(22)9-26(19)8-11-5-12(20)7-13(21)6-11/h3-7,9H,8H2,1-2H3,(H,24,25,27). The number of aromatic nitrogens is 2. The third-order valence-corrected chi connectivity index (χ3v) is 4.05. The van der Waals surface area contributed by atoms with Crippen molar-refractivity contribution in [2.75, 3.05) is 12.4 Å². The first-order valence-electron chi connectivity index (χ1n) is 8.10. The Morgan fingerprint density at radius 3 is 2.43 bits per heavy atom. The number of methoxy groups -OCH3 is 1. The second-order valence-corrected chi connectivity index (χ2v) is 6.00. The summed E-state index contributed by atoms with van der Waals surface area (Å²) in [4.78, 5) is 15.2. The fourth-order valence-corrected chi connectivity index (χ4v) is 2.66. The SMILES string of the molecule is COc1ccc(Nc2nc(=O)c(F)cn2Cc2cc(F)cc(F)c2)c(C)c1F. The van der Waals surface area contributed by atoms with Crippen LogP contribution in [0.15, 0.2) is 41.3 Å². The van der Waals surface area contributed by atoms with E-state index in [0.717, 1.165) is 22.9 Å². The molecular formula is C19H15F4N3O2. The quantitative estimate of drug-likeness (QED) is 0.668. The number of benzene rings is 2. The smallest absolute Gasteiger partial charge is 0.310 e. The zero-order valence-corrected chi connectivity index (χ0v) is 14.9. The van der Waals surface area contributed by atoms with Crippen molar-refractivity contribution < 1.29 is 22.3 Å². The summed E-state index contributed by atoms with van der Waals surface area (Å²) in [5, 5.41) is 2.75. The summed E-state index contributed by atoms with van der Waals surface area (Å²) < 4.78 is 60.9. The van der Waals surface area contributed by atoms with Crippen molar-refractivity contribution in [3.63, 3.8) is 0 Å². The minimum absolute atomic E-state index is 0.0303. The molecule has 0 aliphatic heterocycles. The van der Waals surface area contributed by atoms with Crippen molar-refractivity contribution in [3.8, 4) is 5.75 Å². The molecule has 146 valence electrons. The third kappa shape index (κ3) is 3.98. The minimum Gasteiger partial charge on any atom is -0.494 e. The lowest BCUT2D eigenvalue weighted by Crippen LogP contribution is -2.20. The van der Waals surface area contributed by atoms with E-state index >= 15 is 0 Å². The van der Waals surface area contributed by atoms with Gasteiger partial charge in [-0.1, -0.05) is 0 Å². The molecule has 0 fully saturated rings. The molecule has 0 saturated heterocycles. The molecule has 1 N–H and O–H groups in total. The summed E-state index contributed by atoms with van der Waals surface area (Å²) in [6, 6.07) is 5.72. The summed E-state index contributed by atoms with van der Waals surface area (Å²) >= 11 is 0. The average molecular weight is 393 g/mol. The van der Waals surface area contributed by atoms with Crippen LogP contribution in [0.2, 0.25) is 0 Å². The number of rotatable bonds is 5. The van der Waals surface area contributed by atoms with E-state index in [1.807, 2.05) is 0 Å². The Labute approximate surface area is 157 Å². The van der Waals surface area contributed by atoms with Gasteiger partial charge in [0, 0.05) is 23.5 Å². The molecule has 0 saturated carbocycles. The largest absolute Gasteiger partial charge is 0.494 e. The number of hydrogen-bond donors (Lipinski definition) is 1. The lowest BCUT2D eigenvalue weighted by molar-refractivity contribution is 0.385. The first-order valence-corrected chi connectivity index (χ1v) is 8.10. The van der Waals surface area contributed by atoms with Crippen LogP contribution >= 0.6 is 0 Å². The van der Waals surface area contributed by atoms with Crippen molar-refractivity contribution in [1.82, 2.24) is 9.55 Å². The predicted molar refractivity (Wildman–Crippen MR) is 94.9 cm³/mol. The van der Waals surface area contributed by atoms with E-state index in [4.69, 9.17) is 4.74 Å². The molecule has 0 spiro atoms. The third-order valence-electron chi connectivity index (χ3n) is 4.05. The summed E-state index contributed by atoms with van der Waals surface area (Å²) in [6.07, 6.45) is 0.857. The molecule has 0 aliphatic rings. The molecule has 0 radical (unpaired) electrons. The van der Waals surface area contributed by atoms with Crippen LogP contribution in [-0.2, 0) is 6.54 Å². The van der Waals surface area contributed by atoms with E-state index in [1.54, 1.807) is 0 Å². The number of hydrogen-bond acceptors (Lipinski definition) is 4. The summed E-state index contributed by atoms with van der Waals surface area (Å²) in [5.41, 5.74) is -0.504. The molecule has 0 amide bonds. The van der Waals surface area contributed by atoms with Gasteiger partial charge in [0.15, 0.2) is 11.6 Å². The fraction of sp³-hybridized carbons (Fsp3) is 0.158. The Kier molecular flexibility index (Phi) is 5.34. The molecular weight excluding hydrogens is 378 g/mol. The lowest BCUT2D eigenvalue weighted by Gasteiger charge is -2.16. The van der Waals surface area contributed by atoms with Crippen molar-refractivity contribution in [2.45, 2.75) is 13.5 Å². The number of nitrogens with zero attached hydrogens (tertiary/aromatic N) is 2. The zero-order valence-electron chi connectivity index (χ0n) is 14.9.